The molecule has 0 radical (unpaired) electrons. The van der Waals surface area contributed by atoms with E-state index < -0.39 is 0 Å². The molecule has 1 rings (SSSR count). The van der Waals surface area contributed by atoms with Gasteiger partial charge >= 0.3 is 0 Å². The van der Waals surface area contributed by atoms with Crippen LogP contribution in [0.4, 0.5) is 0 Å². The second-order valence-corrected chi connectivity index (χ2v) is 3.13. The molecule has 0 saturated heterocycles. The van der Waals surface area contributed by atoms with Gasteiger partial charge in [0, 0.05) is 7.11 Å². The van der Waals surface area contributed by atoms with Gasteiger partial charge in [0.25, 0.3) is 0 Å². The van der Waals surface area contributed by atoms with E-state index in [0.717, 1.165) is 6.42 Å². The summed E-state index contributed by atoms with van der Waals surface area (Å²) in [5.74, 6) is 0. The molecule has 1 aliphatic carbocycles. The number of hydrogen-bond acceptors (Lipinski definition) is 1. The van der Waals surface area contributed by atoms with Gasteiger partial charge in [0.15, 0.2) is 0 Å². The highest BCUT2D eigenvalue weighted by molar-refractivity contribution is 5.24. The first-order valence-corrected chi connectivity index (χ1v) is 4.13. The van der Waals surface area contributed by atoms with Crippen LogP contribution in [-0.4, -0.2) is 13.2 Å². The summed E-state index contributed by atoms with van der Waals surface area (Å²) >= 11 is 0. The number of methoxy groups -OCH3 is 1. The van der Waals surface area contributed by atoms with E-state index in [2.05, 4.69) is 26.0 Å². The molecule has 0 N–H and O–H groups in total. The molecule has 11 heavy (non-hydrogen) atoms. The number of allylic oxidation sites excluding steroid dienone is 3. The molecule has 1 atom stereocenters. The van der Waals surface area contributed by atoms with Crippen molar-refractivity contribution in [3.63, 3.8) is 0 Å². The van der Waals surface area contributed by atoms with Crippen molar-refractivity contribution in [2.45, 2.75) is 32.8 Å². The molecule has 1 nitrogen and oxygen atoms in total. The van der Waals surface area contributed by atoms with Gasteiger partial charge in [-0.1, -0.05) is 17.7 Å². The Hall–Kier alpha value is -0.560. The Morgan fingerprint density at radius 1 is 1.36 bits per heavy atom. The molecule has 0 fully saturated rings. The van der Waals surface area contributed by atoms with E-state index in [9.17, 15) is 0 Å². The van der Waals surface area contributed by atoms with Crippen molar-refractivity contribution in [1.29, 1.82) is 0 Å². The molecule has 1 aliphatic rings. The van der Waals surface area contributed by atoms with E-state index in [1.165, 1.54) is 17.6 Å². The normalized spacial score (nSPS) is 20.6. The maximum atomic E-state index is 5.23. The third-order valence-electron chi connectivity index (χ3n) is 2.27. The first-order chi connectivity index (χ1) is 5.24. The lowest BCUT2D eigenvalue weighted by Crippen LogP contribution is -2.10. The number of rotatable bonds is 2. The molecule has 0 saturated carbocycles. The number of ether oxygens (including phenoxy) is 1. The maximum Gasteiger partial charge on any atom is 0.0756 e. The summed E-state index contributed by atoms with van der Waals surface area (Å²) < 4.78 is 5.23. The van der Waals surface area contributed by atoms with Crippen LogP contribution in [0.15, 0.2) is 23.3 Å². The van der Waals surface area contributed by atoms with Gasteiger partial charge in [0.2, 0.25) is 0 Å². The van der Waals surface area contributed by atoms with Crippen molar-refractivity contribution >= 4 is 0 Å². The summed E-state index contributed by atoms with van der Waals surface area (Å²) in [6.45, 7) is 4.27. The average Bonchev–Trinajstić information content (AvgIpc) is 2.05. The van der Waals surface area contributed by atoms with Crippen molar-refractivity contribution in [1.82, 2.24) is 0 Å². The zero-order valence-corrected chi connectivity index (χ0v) is 7.55. The van der Waals surface area contributed by atoms with Gasteiger partial charge < -0.3 is 4.74 Å². The van der Waals surface area contributed by atoms with E-state index in [0.29, 0.717) is 6.10 Å². The van der Waals surface area contributed by atoms with Crippen molar-refractivity contribution in [3.05, 3.63) is 23.3 Å². The van der Waals surface area contributed by atoms with Crippen LogP contribution in [-0.2, 0) is 4.74 Å². The fourth-order valence-corrected chi connectivity index (χ4v) is 1.25. The molecular weight excluding hydrogens is 136 g/mol. The van der Waals surface area contributed by atoms with Crippen molar-refractivity contribution in [2.24, 2.45) is 0 Å². The van der Waals surface area contributed by atoms with Crippen LogP contribution in [0.25, 0.3) is 0 Å². The van der Waals surface area contributed by atoms with Gasteiger partial charge in [-0.2, -0.15) is 0 Å². The third kappa shape index (κ3) is 2.19. The summed E-state index contributed by atoms with van der Waals surface area (Å²) in [4.78, 5) is 0. The molecule has 1 heteroatoms. The Kier molecular flexibility index (Phi) is 2.89. The van der Waals surface area contributed by atoms with Gasteiger partial charge in [-0.15, -0.1) is 0 Å². The smallest absolute Gasteiger partial charge is 0.0756 e. The second kappa shape index (κ2) is 3.72. The zero-order valence-electron chi connectivity index (χ0n) is 7.55. The third-order valence-corrected chi connectivity index (χ3v) is 2.27. The van der Waals surface area contributed by atoms with Gasteiger partial charge in [-0.25, -0.2) is 0 Å². The van der Waals surface area contributed by atoms with E-state index >= 15 is 0 Å². The fraction of sp³-hybridized carbons (Fsp3) is 0.600. The van der Waals surface area contributed by atoms with Crippen LogP contribution in [0.2, 0.25) is 0 Å². The fourth-order valence-electron chi connectivity index (χ4n) is 1.25. The summed E-state index contributed by atoms with van der Waals surface area (Å²) in [7, 11) is 1.76. The van der Waals surface area contributed by atoms with Crippen LogP contribution in [0.1, 0.15) is 26.7 Å². The molecule has 0 bridgehead atoms. The average molecular weight is 152 g/mol. The molecule has 0 spiro atoms. The van der Waals surface area contributed by atoms with E-state index in [4.69, 9.17) is 4.74 Å². The zero-order chi connectivity index (χ0) is 8.27. The Morgan fingerprint density at radius 2 is 2.09 bits per heavy atom. The van der Waals surface area contributed by atoms with Crippen LogP contribution in [0.5, 0.6) is 0 Å². The Morgan fingerprint density at radius 3 is 2.55 bits per heavy atom. The van der Waals surface area contributed by atoms with Gasteiger partial charge in [-0.05, 0) is 32.3 Å². The first-order valence-electron chi connectivity index (χ1n) is 4.13. The number of hydrogen-bond donors (Lipinski definition) is 0. The molecule has 0 aromatic rings. The standard InChI is InChI=1S/C10H16O/c1-8-4-6-10(7-5-8)9(2)11-3/h4,6,9H,5,7H2,1-3H3. The van der Waals surface area contributed by atoms with Crippen LogP contribution < -0.4 is 0 Å². The summed E-state index contributed by atoms with van der Waals surface area (Å²) in [5, 5.41) is 0. The second-order valence-electron chi connectivity index (χ2n) is 3.13. The first kappa shape index (κ1) is 8.54. The minimum absolute atomic E-state index is 0.291. The molecule has 1 unspecified atom stereocenters. The molecule has 0 amide bonds. The van der Waals surface area contributed by atoms with E-state index in [1.54, 1.807) is 7.11 Å². The lowest BCUT2D eigenvalue weighted by molar-refractivity contribution is 0.143. The molecule has 0 aromatic heterocycles. The molecule has 0 aromatic carbocycles. The van der Waals surface area contributed by atoms with Gasteiger partial charge in [-0.3, -0.25) is 0 Å². The lowest BCUT2D eigenvalue weighted by Gasteiger charge is -2.17. The minimum Gasteiger partial charge on any atom is -0.377 e. The maximum absolute atomic E-state index is 5.23. The van der Waals surface area contributed by atoms with E-state index in [1.807, 2.05) is 0 Å². The molecular formula is C10H16O. The SMILES string of the molecule is COC(C)C1=CC=C(C)CC1. The van der Waals surface area contributed by atoms with Gasteiger partial charge in [0.1, 0.15) is 0 Å². The minimum atomic E-state index is 0.291. The highest BCUT2D eigenvalue weighted by Gasteiger charge is 2.09. The quantitative estimate of drug-likeness (QED) is 0.591. The lowest BCUT2D eigenvalue weighted by atomic mass is 9.96. The Bertz CT molecular complexity index is 189. The van der Waals surface area contributed by atoms with Crippen molar-refractivity contribution in [3.8, 4) is 0 Å². The predicted molar refractivity (Wildman–Crippen MR) is 47.5 cm³/mol. The monoisotopic (exact) mass is 152 g/mol. The van der Waals surface area contributed by atoms with Gasteiger partial charge in [0.05, 0.1) is 6.10 Å². The molecule has 62 valence electrons. The highest BCUT2D eigenvalue weighted by Crippen LogP contribution is 2.21. The topological polar surface area (TPSA) is 9.23 Å². The summed E-state index contributed by atoms with van der Waals surface area (Å²) in [5.41, 5.74) is 2.88. The Balaban J connectivity index is 2.60. The van der Waals surface area contributed by atoms with Crippen molar-refractivity contribution in [2.75, 3.05) is 7.11 Å². The van der Waals surface area contributed by atoms with Crippen LogP contribution in [0, 0.1) is 0 Å². The van der Waals surface area contributed by atoms with E-state index in [-0.39, 0.29) is 0 Å². The summed E-state index contributed by atoms with van der Waals surface area (Å²) in [6.07, 6.45) is 7.03. The predicted octanol–water partition coefficient (Wildman–Crippen LogP) is 2.69. The molecule has 0 heterocycles. The largest absolute Gasteiger partial charge is 0.377 e. The van der Waals surface area contributed by atoms with Crippen LogP contribution >= 0.6 is 0 Å². The van der Waals surface area contributed by atoms with Crippen molar-refractivity contribution < 1.29 is 4.74 Å². The Labute approximate surface area is 68.8 Å². The summed E-state index contributed by atoms with van der Waals surface area (Å²) in [6, 6.07) is 0. The highest BCUT2D eigenvalue weighted by atomic mass is 16.5. The molecule has 0 aliphatic heterocycles. The van der Waals surface area contributed by atoms with Crippen LogP contribution in [0.3, 0.4) is 0 Å².